The molecule has 0 aliphatic carbocycles. The predicted molar refractivity (Wildman–Crippen MR) is 81.7 cm³/mol. The molecule has 0 saturated carbocycles. The maximum atomic E-state index is 11.7. The summed E-state index contributed by atoms with van der Waals surface area (Å²) in [5, 5.41) is 4.86. The third kappa shape index (κ3) is 2.84. The van der Waals surface area contributed by atoms with E-state index in [0.717, 1.165) is 19.6 Å². The van der Waals surface area contributed by atoms with Crippen LogP contribution in [0, 0.1) is 0 Å². The van der Waals surface area contributed by atoms with E-state index in [0.29, 0.717) is 6.04 Å². The van der Waals surface area contributed by atoms with Gasteiger partial charge in [-0.15, -0.1) is 0 Å². The molecule has 3 rings (SSSR count). The van der Waals surface area contributed by atoms with Crippen LogP contribution in [-0.4, -0.2) is 38.6 Å². The summed E-state index contributed by atoms with van der Waals surface area (Å²) < 4.78 is 2.12. The molecular formula is C16H26N4O. The second-order valence-electron chi connectivity index (χ2n) is 6.62. The molecule has 0 unspecified atom stereocenters. The average molecular weight is 290 g/mol. The number of piperidine rings is 1. The quantitative estimate of drug-likeness (QED) is 0.858. The summed E-state index contributed by atoms with van der Waals surface area (Å²) in [6.07, 6.45) is 3.95. The van der Waals surface area contributed by atoms with Crippen LogP contribution < -0.4 is 0 Å². The lowest BCUT2D eigenvalue weighted by atomic mass is 10.1. The molecule has 1 fully saturated rings. The first kappa shape index (κ1) is 14.6. The van der Waals surface area contributed by atoms with Gasteiger partial charge in [0.15, 0.2) is 0 Å². The molecule has 1 aromatic heterocycles. The number of carbonyl (C=O) groups excluding carboxylic acids is 1. The molecular weight excluding hydrogens is 264 g/mol. The molecule has 2 aliphatic rings. The van der Waals surface area contributed by atoms with Crippen molar-refractivity contribution in [3.63, 3.8) is 0 Å². The molecule has 1 aromatic rings. The number of nitrogens with zero attached hydrogens (tertiary/aromatic N) is 4. The molecule has 116 valence electrons. The third-order valence-corrected chi connectivity index (χ3v) is 4.65. The van der Waals surface area contributed by atoms with Crippen LogP contribution in [0.5, 0.6) is 0 Å². The Morgan fingerprint density at radius 3 is 2.52 bits per heavy atom. The second kappa shape index (κ2) is 5.79. The van der Waals surface area contributed by atoms with Crippen molar-refractivity contribution in [3.05, 3.63) is 17.0 Å². The molecule has 0 atom stereocenters. The summed E-state index contributed by atoms with van der Waals surface area (Å²) in [6.45, 7) is 10.7. The summed E-state index contributed by atoms with van der Waals surface area (Å²) in [6, 6.07) is 0.348. The van der Waals surface area contributed by atoms with E-state index in [4.69, 9.17) is 5.10 Å². The first-order chi connectivity index (χ1) is 10.1. The zero-order chi connectivity index (χ0) is 15.0. The van der Waals surface area contributed by atoms with Crippen molar-refractivity contribution in [2.45, 2.75) is 65.7 Å². The fourth-order valence-corrected chi connectivity index (χ4v) is 3.44. The molecule has 0 spiro atoms. The van der Waals surface area contributed by atoms with E-state index in [1.807, 2.05) is 4.90 Å². The Kier molecular flexibility index (Phi) is 4.02. The lowest BCUT2D eigenvalue weighted by Crippen LogP contribution is -2.30. The van der Waals surface area contributed by atoms with Crippen molar-refractivity contribution in [3.8, 4) is 0 Å². The largest absolute Gasteiger partial charge is 0.333 e. The zero-order valence-corrected chi connectivity index (χ0v) is 13.4. The first-order valence-corrected chi connectivity index (χ1v) is 8.13. The van der Waals surface area contributed by atoms with Gasteiger partial charge < -0.3 is 4.90 Å². The van der Waals surface area contributed by atoms with Crippen molar-refractivity contribution < 1.29 is 4.79 Å². The number of carbonyl (C=O) groups is 1. The highest BCUT2D eigenvalue weighted by atomic mass is 16.2. The first-order valence-electron chi connectivity index (χ1n) is 8.13. The number of fused-ring (bicyclic) bond motifs is 1. The number of likely N-dealkylation sites (tertiary alicyclic amines) is 1. The van der Waals surface area contributed by atoms with Gasteiger partial charge in [-0.2, -0.15) is 5.10 Å². The summed E-state index contributed by atoms with van der Waals surface area (Å²) in [5.41, 5.74) is 3.72. The normalized spacial score (nSPS) is 19.3. The van der Waals surface area contributed by atoms with Crippen LogP contribution in [0.1, 0.15) is 63.0 Å². The molecule has 5 nitrogen and oxygen atoms in total. The fourth-order valence-electron chi connectivity index (χ4n) is 3.44. The van der Waals surface area contributed by atoms with Crippen LogP contribution in [0.25, 0.3) is 0 Å². The minimum atomic E-state index is 0.158. The van der Waals surface area contributed by atoms with E-state index < -0.39 is 0 Å². The summed E-state index contributed by atoms with van der Waals surface area (Å²) in [7, 11) is 0. The Labute approximate surface area is 126 Å². The van der Waals surface area contributed by atoms with Gasteiger partial charge in [0.05, 0.1) is 17.9 Å². The minimum Gasteiger partial charge on any atom is -0.333 e. The maximum Gasteiger partial charge on any atom is 0.220 e. The topological polar surface area (TPSA) is 41.4 Å². The highest BCUT2D eigenvalue weighted by Crippen LogP contribution is 2.29. The van der Waals surface area contributed by atoms with Crippen LogP contribution in [0.3, 0.4) is 0 Å². The van der Waals surface area contributed by atoms with Crippen LogP contribution >= 0.6 is 0 Å². The van der Waals surface area contributed by atoms with Gasteiger partial charge in [-0.25, -0.2) is 0 Å². The summed E-state index contributed by atoms with van der Waals surface area (Å²) in [5.74, 6) is 0.158. The van der Waals surface area contributed by atoms with Crippen molar-refractivity contribution in [1.82, 2.24) is 19.6 Å². The molecule has 5 heteroatoms. The second-order valence-corrected chi connectivity index (χ2v) is 6.62. The van der Waals surface area contributed by atoms with E-state index in [1.165, 1.54) is 49.3 Å². The molecule has 21 heavy (non-hydrogen) atoms. The van der Waals surface area contributed by atoms with Gasteiger partial charge in [0, 0.05) is 31.6 Å². The smallest absolute Gasteiger partial charge is 0.220 e. The third-order valence-electron chi connectivity index (χ3n) is 4.65. The van der Waals surface area contributed by atoms with E-state index in [1.54, 1.807) is 6.92 Å². The van der Waals surface area contributed by atoms with Crippen molar-refractivity contribution in [1.29, 1.82) is 0 Å². The molecule has 2 aliphatic heterocycles. The Hall–Kier alpha value is -1.36. The number of hydrogen-bond acceptors (Lipinski definition) is 3. The van der Waals surface area contributed by atoms with Crippen LogP contribution in [0.4, 0.5) is 0 Å². The lowest BCUT2D eigenvalue weighted by Gasteiger charge is -2.26. The summed E-state index contributed by atoms with van der Waals surface area (Å²) >= 11 is 0. The van der Waals surface area contributed by atoms with E-state index in [9.17, 15) is 4.79 Å². The van der Waals surface area contributed by atoms with Gasteiger partial charge in [0.1, 0.15) is 0 Å². The van der Waals surface area contributed by atoms with Gasteiger partial charge in [0.2, 0.25) is 5.91 Å². The molecule has 1 saturated heterocycles. The fraction of sp³-hybridized carbons (Fsp3) is 0.750. The molecule has 0 N–H and O–H groups in total. The molecule has 0 radical (unpaired) electrons. The van der Waals surface area contributed by atoms with Gasteiger partial charge >= 0.3 is 0 Å². The Bertz CT molecular complexity index is 529. The van der Waals surface area contributed by atoms with Gasteiger partial charge in [0.25, 0.3) is 0 Å². The molecule has 1 amide bonds. The maximum absolute atomic E-state index is 11.7. The van der Waals surface area contributed by atoms with Crippen molar-refractivity contribution in [2.75, 3.05) is 13.1 Å². The molecule has 3 heterocycles. The molecule has 0 bridgehead atoms. The number of rotatable bonds is 3. The molecule has 0 aromatic carbocycles. The highest BCUT2D eigenvalue weighted by Gasteiger charge is 2.30. The highest BCUT2D eigenvalue weighted by molar-refractivity contribution is 5.74. The van der Waals surface area contributed by atoms with E-state index in [2.05, 4.69) is 23.4 Å². The Balaban J connectivity index is 1.84. The lowest BCUT2D eigenvalue weighted by molar-refractivity contribution is -0.129. The summed E-state index contributed by atoms with van der Waals surface area (Å²) in [4.78, 5) is 16.1. The van der Waals surface area contributed by atoms with Gasteiger partial charge in [-0.1, -0.05) is 6.42 Å². The number of hydrogen-bond donors (Lipinski definition) is 0. The van der Waals surface area contributed by atoms with E-state index >= 15 is 0 Å². The van der Waals surface area contributed by atoms with Gasteiger partial charge in [-0.3, -0.25) is 14.4 Å². The van der Waals surface area contributed by atoms with Crippen molar-refractivity contribution >= 4 is 5.91 Å². The number of aromatic nitrogens is 2. The minimum absolute atomic E-state index is 0.158. The number of amides is 1. The SMILES string of the molecule is CC(=O)N1Cc2c(CN3CCCCC3)nn(C(C)C)c2C1. The Morgan fingerprint density at radius 1 is 1.19 bits per heavy atom. The monoisotopic (exact) mass is 290 g/mol. The van der Waals surface area contributed by atoms with Crippen molar-refractivity contribution in [2.24, 2.45) is 0 Å². The zero-order valence-electron chi connectivity index (χ0n) is 13.4. The standard InChI is InChI=1S/C16H26N4O/c1-12(2)20-16-11-19(13(3)21)9-14(16)15(17-20)10-18-7-5-4-6-8-18/h12H,4-11H2,1-3H3. The van der Waals surface area contributed by atoms with Crippen LogP contribution in [-0.2, 0) is 24.4 Å². The van der Waals surface area contributed by atoms with Crippen LogP contribution in [0.2, 0.25) is 0 Å². The Morgan fingerprint density at radius 2 is 1.90 bits per heavy atom. The van der Waals surface area contributed by atoms with Crippen LogP contribution in [0.15, 0.2) is 0 Å². The predicted octanol–water partition coefficient (Wildman–Crippen LogP) is 2.31. The van der Waals surface area contributed by atoms with E-state index in [-0.39, 0.29) is 5.91 Å². The van der Waals surface area contributed by atoms with Gasteiger partial charge in [-0.05, 0) is 39.8 Å². The average Bonchev–Trinajstić information content (AvgIpc) is 3.00.